The smallest absolute Gasteiger partial charge is 0.250 e. The van der Waals surface area contributed by atoms with Gasteiger partial charge in [-0.2, -0.15) is 0 Å². The first-order valence-corrected chi connectivity index (χ1v) is 10.8. The number of primary amides is 1. The van der Waals surface area contributed by atoms with Crippen LogP contribution in [0.3, 0.4) is 0 Å². The number of pyridine rings is 1. The summed E-state index contributed by atoms with van der Waals surface area (Å²) in [7, 11) is 0. The number of anilines is 1. The van der Waals surface area contributed by atoms with E-state index in [4.69, 9.17) is 26.8 Å². The van der Waals surface area contributed by atoms with Gasteiger partial charge in [0, 0.05) is 24.8 Å². The lowest BCUT2D eigenvalue weighted by Crippen LogP contribution is -2.27. The van der Waals surface area contributed by atoms with Gasteiger partial charge < -0.3 is 20.1 Å². The van der Waals surface area contributed by atoms with Gasteiger partial charge in [0.1, 0.15) is 22.6 Å². The van der Waals surface area contributed by atoms with Crippen LogP contribution < -0.4 is 20.1 Å². The van der Waals surface area contributed by atoms with Crippen LogP contribution in [0.4, 0.5) is 5.69 Å². The lowest BCUT2D eigenvalue weighted by molar-refractivity contribution is 0.100. The molecule has 6 nitrogen and oxygen atoms in total. The Morgan fingerprint density at radius 1 is 1.32 bits per heavy atom. The molecule has 0 unspecified atom stereocenters. The number of nitrogens with zero attached hydrogens (tertiary/aromatic N) is 2. The Morgan fingerprint density at radius 3 is 2.77 bits per heavy atom. The van der Waals surface area contributed by atoms with E-state index in [1.165, 1.54) is 0 Å². The molecule has 1 saturated heterocycles. The molecule has 1 aromatic heterocycles. The Kier molecular flexibility index (Phi) is 7.58. The molecule has 1 fully saturated rings. The van der Waals surface area contributed by atoms with Crippen LogP contribution in [0.25, 0.3) is 0 Å². The molecule has 1 aliphatic rings. The largest absolute Gasteiger partial charge is 0.471 e. The van der Waals surface area contributed by atoms with Crippen molar-refractivity contribution in [2.24, 2.45) is 5.73 Å². The first-order valence-electron chi connectivity index (χ1n) is 10.4. The number of carbonyl (C=O) groups is 1. The van der Waals surface area contributed by atoms with Crippen molar-refractivity contribution >= 4 is 23.2 Å². The molecule has 164 valence electrons. The molecule has 1 atom stereocenters. The van der Waals surface area contributed by atoms with E-state index in [-0.39, 0.29) is 6.10 Å². The summed E-state index contributed by atoms with van der Waals surface area (Å²) in [6, 6.07) is 8.95. The van der Waals surface area contributed by atoms with Crippen LogP contribution in [0, 0.1) is 0 Å². The Balaban J connectivity index is 1.77. The number of ether oxygens (including phenoxy) is 2. The zero-order valence-electron chi connectivity index (χ0n) is 18.1. The monoisotopic (exact) mass is 441 g/mol. The maximum atomic E-state index is 12.2. The van der Waals surface area contributed by atoms with E-state index in [2.05, 4.69) is 16.8 Å². The van der Waals surface area contributed by atoms with Crippen LogP contribution in [-0.4, -0.2) is 30.1 Å². The maximum Gasteiger partial charge on any atom is 0.250 e. The quantitative estimate of drug-likeness (QED) is 0.453. The number of rotatable bonds is 8. The molecule has 1 aromatic carbocycles. The Labute approximate surface area is 188 Å². The summed E-state index contributed by atoms with van der Waals surface area (Å²) in [5, 5.41) is 0.479. The van der Waals surface area contributed by atoms with Gasteiger partial charge in [-0.05, 0) is 62.2 Å². The Morgan fingerprint density at radius 2 is 2.13 bits per heavy atom. The number of benzene rings is 1. The van der Waals surface area contributed by atoms with E-state index in [1.54, 1.807) is 24.4 Å². The van der Waals surface area contributed by atoms with Crippen molar-refractivity contribution in [1.82, 2.24) is 4.98 Å². The second kappa shape index (κ2) is 10.4. The minimum atomic E-state index is -0.499. The second-order valence-electron chi connectivity index (χ2n) is 7.23. The van der Waals surface area contributed by atoms with Gasteiger partial charge in [0.15, 0.2) is 0 Å². The number of nitrogens with two attached hydrogens (primary N) is 1. The molecule has 0 saturated carbocycles. The van der Waals surface area contributed by atoms with Crippen molar-refractivity contribution in [1.29, 1.82) is 0 Å². The molecule has 31 heavy (non-hydrogen) atoms. The van der Waals surface area contributed by atoms with Gasteiger partial charge >= 0.3 is 0 Å². The highest BCUT2D eigenvalue weighted by atomic mass is 35.5. The average Bonchev–Trinajstić information content (AvgIpc) is 3.23. The Hall–Kier alpha value is -2.99. The number of allylic oxidation sites excluding steroid dienone is 3. The van der Waals surface area contributed by atoms with Gasteiger partial charge in [-0.1, -0.05) is 24.6 Å². The topological polar surface area (TPSA) is 77.7 Å². The highest BCUT2D eigenvalue weighted by molar-refractivity contribution is 6.31. The van der Waals surface area contributed by atoms with E-state index in [0.29, 0.717) is 28.8 Å². The first-order chi connectivity index (χ1) is 15.0. The zero-order chi connectivity index (χ0) is 22.4. The predicted octanol–water partition coefficient (Wildman–Crippen LogP) is 5.13. The van der Waals surface area contributed by atoms with Crippen LogP contribution in [0.15, 0.2) is 60.0 Å². The molecular formula is C24H28ClN3O3. The van der Waals surface area contributed by atoms with Crippen LogP contribution >= 0.6 is 11.6 Å². The molecule has 1 amide bonds. The van der Waals surface area contributed by atoms with Crippen LogP contribution in [-0.2, 0) is 0 Å². The van der Waals surface area contributed by atoms with Crippen molar-refractivity contribution in [3.8, 4) is 11.6 Å². The molecule has 2 N–H and O–H groups in total. The standard InChI is InChI=1S/C24H28ClN3O3/c1-4-16(5-2)22(6-3)30-17-9-10-21(19(14-17)23(26)29)28-13-11-18(15-28)31-24-20(25)8-7-12-27-24/h4,6-10,12,14,18H,5,11,13,15H2,1-3H3,(H2,26,29)/b16-4-,22-6+/t18-/m0/s1. The highest BCUT2D eigenvalue weighted by Crippen LogP contribution is 2.31. The summed E-state index contributed by atoms with van der Waals surface area (Å²) < 4.78 is 12.0. The minimum absolute atomic E-state index is 0.0829. The van der Waals surface area contributed by atoms with Crippen LogP contribution in [0.1, 0.15) is 44.0 Å². The minimum Gasteiger partial charge on any atom is -0.471 e. The molecular weight excluding hydrogens is 414 g/mol. The lowest BCUT2D eigenvalue weighted by atomic mass is 10.1. The number of amides is 1. The lowest BCUT2D eigenvalue weighted by Gasteiger charge is -2.22. The number of hydrogen-bond donors (Lipinski definition) is 1. The van der Waals surface area contributed by atoms with Crippen molar-refractivity contribution < 1.29 is 14.3 Å². The van der Waals surface area contributed by atoms with Gasteiger partial charge in [0.05, 0.1) is 12.1 Å². The zero-order valence-corrected chi connectivity index (χ0v) is 18.9. The molecule has 1 aliphatic heterocycles. The average molecular weight is 442 g/mol. The normalized spacial score (nSPS) is 17.0. The second-order valence-corrected chi connectivity index (χ2v) is 7.64. The Bertz CT molecular complexity index is 1000. The molecule has 0 radical (unpaired) electrons. The molecule has 0 aliphatic carbocycles. The summed E-state index contributed by atoms with van der Waals surface area (Å²) >= 11 is 6.15. The summed E-state index contributed by atoms with van der Waals surface area (Å²) in [5.41, 5.74) is 7.98. The van der Waals surface area contributed by atoms with Crippen LogP contribution in [0.2, 0.25) is 5.02 Å². The summed E-state index contributed by atoms with van der Waals surface area (Å²) in [5.74, 6) is 1.27. The molecule has 2 heterocycles. The van der Waals surface area contributed by atoms with Gasteiger partial charge in [0.25, 0.3) is 5.91 Å². The van der Waals surface area contributed by atoms with Gasteiger partial charge in [-0.15, -0.1) is 0 Å². The van der Waals surface area contributed by atoms with Crippen molar-refractivity contribution in [2.45, 2.75) is 39.7 Å². The third-order valence-corrected chi connectivity index (χ3v) is 5.55. The van der Waals surface area contributed by atoms with E-state index in [0.717, 1.165) is 36.4 Å². The molecule has 0 bridgehead atoms. The van der Waals surface area contributed by atoms with E-state index in [9.17, 15) is 4.79 Å². The van der Waals surface area contributed by atoms with Gasteiger partial charge in [0.2, 0.25) is 5.88 Å². The number of aromatic nitrogens is 1. The fraction of sp³-hybridized carbons (Fsp3) is 0.333. The number of carbonyl (C=O) groups excluding carboxylic acids is 1. The third kappa shape index (κ3) is 5.39. The van der Waals surface area contributed by atoms with Crippen molar-refractivity contribution in [3.63, 3.8) is 0 Å². The number of halogens is 1. The summed E-state index contributed by atoms with van der Waals surface area (Å²) in [6.45, 7) is 7.31. The maximum absolute atomic E-state index is 12.2. The summed E-state index contributed by atoms with van der Waals surface area (Å²) in [4.78, 5) is 18.5. The van der Waals surface area contributed by atoms with Crippen molar-refractivity contribution in [2.75, 3.05) is 18.0 Å². The summed E-state index contributed by atoms with van der Waals surface area (Å²) in [6.07, 6.45) is 7.15. The fourth-order valence-corrected chi connectivity index (χ4v) is 3.83. The van der Waals surface area contributed by atoms with E-state index >= 15 is 0 Å². The van der Waals surface area contributed by atoms with Gasteiger partial charge in [-0.25, -0.2) is 4.98 Å². The van der Waals surface area contributed by atoms with Crippen molar-refractivity contribution in [3.05, 3.63) is 70.6 Å². The highest BCUT2D eigenvalue weighted by Gasteiger charge is 2.28. The van der Waals surface area contributed by atoms with E-state index in [1.807, 2.05) is 38.1 Å². The first kappa shape index (κ1) is 22.7. The molecule has 2 aromatic rings. The van der Waals surface area contributed by atoms with Crippen LogP contribution in [0.5, 0.6) is 11.6 Å². The molecule has 3 rings (SSSR count). The van der Waals surface area contributed by atoms with E-state index < -0.39 is 5.91 Å². The number of hydrogen-bond acceptors (Lipinski definition) is 5. The van der Waals surface area contributed by atoms with Gasteiger partial charge in [-0.3, -0.25) is 4.79 Å². The third-order valence-electron chi connectivity index (χ3n) is 5.26. The SMILES string of the molecule is C/C=C(CC)\C(=C/C)Oc1ccc(N2CC[C@H](Oc3ncccc3Cl)C2)c(C(N)=O)c1. The predicted molar refractivity (Wildman–Crippen MR) is 124 cm³/mol. The molecule has 7 heteroatoms. The molecule has 0 spiro atoms. The fourth-order valence-electron chi connectivity index (χ4n) is 3.67.